The Morgan fingerprint density at radius 1 is 1.12 bits per heavy atom. The van der Waals surface area contributed by atoms with Gasteiger partial charge in [-0.25, -0.2) is 17.7 Å². The zero-order valence-corrected chi connectivity index (χ0v) is 19.5. The van der Waals surface area contributed by atoms with E-state index in [4.69, 9.17) is 16.3 Å². The van der Waals surface area contributed by atoms with Crippen molar-refractivity contribution in [1.82, 2.24) is 4.31 Å². The molecule has 2 aliphatic heterocycles. The molecular weight excluding hydrogens is 473 g/mol. The Kier molecular flexibility index (Phi) is 6.71. The number of amides is 2. The summed E-state index contributed by atoms with van der Waals surface area (Å²) in [5.41, 5.74) is 0.231. The molecule has 1 N–H and O–H groups in total. The Hall–Kier alpha value is -2.53. The molecule has 0 bridgehead atoms. The number of hydrogen-bond acceptors (Lipinski definition) is 5. The number of piperazine rings is 1. The summed E-state index contributed by atoms with van der Waals surface area (Å²) in [5, 5.41) is -0.169. The predicted molar refractivity (Wildman–Crippen MR) is 119 cm³/mol. The topological polar surface area (TPSA) is 88.4 Å². The lowest BCUT2D eigenvalue weighted by Crippen LogP contribution is -3.19. The summed E-state index contributed by atoms with van der Waals surface area (Å²) in [4.78, 5) is 27.6. The molecule has 4 rings (SSSR count). The SMILES string of the molecule is CCOc1ccc(S(=O)(=O)N2CC[NH+]([C@H]3CC(=O)N(c4ccc(F)c(Cl)c4)C3=O)CC2)cc1. The van der Waals surface area contributed by atoms with Gasteiger partial charge in [0.2, 0.25) is 15.9 Å². The van der Waals surface area contributed by atoms with Crippen LogP contribution in [0.4, 0.5) is 10.1 Å². The van der Waals surface area contributed by atoms with Crippen LogP contribution in [-0.4, -0.2) is 63.4 Å². The van der Waals surface area contributed by atoms with E-state index < -0.39 is 21.9 Å². The molecule has 33 heavy (non-hydrogen) atoms. The van der Waals surface area contributed by atoms with Gasteiger partial charge >= 0.3 is 0 Å². The van der Waals surface area contributed by atoms with Gasteiger partial charge in [0, 0.05) is 0 Å². The third-order valence-corrected chi connectivity index (χ3v) is 8.14. The van der Waals surface area contributed by atoms with Gasteiger partial charge in [-0.1, -0.05) is 11.6 Å². The quantitative estimate of drug-likeness (QED) is 0.605. The second kappa shape index (κ2) is 9.38. The minimum Gasteiger partial charge on any atom is -0.494 e. The van der Waals surface area contributed by atoms with Crippen molar-refractivity contribution < 1.29 is 32.0 Å². The molecule has 0 saturated carbocycles. The van der Waals surface area contributed by atoms with E-state index in [1.807, 2.05) is 6.92 Å². The molecule has 0 aliphatic carbocycles. The summed E-state index contributed by atoms with van der Waals surface area (Å²) >= 11 is 5.81. The van der Waals surface area contributed by atoms with Crippen LogP contribution in [0.1, 0.15) is 13.3 Å². The van der Waals surface area contributed by atoms with E-state index in [1.54, 1.807) is 12.1 Å². The van der Waals surface area contributed by atoms with Gasteiger partial charge in [0.05, 0.1) is 54.8 Å². The lowest BCUT2D eigenvalue weighted by Gasteiger charge is -2.33. The molecule has 0 aromatic heterocycles. The van der Waals surface area contributed by atoms with Crippen LogP contribution >= 0.6 is 11.6 Å². The maximum absolute atomic E-state index is 13.5. The first kappa shape index (κ1) is 23.6. The van der Waals surface area contributed by atoms with E-state index in [0.717, 1.165) is 15.9 Å². The van der Waals surface area contributed by atoms with Crippen molar-refractivity contribution in [3.63, 3.8) is 0 Å². The highest BCUT2D eigenvalue weighted by molar-refractivity contribution is 7.89. The third-order valence-electron chi connectivity index (χ3n) is 5.94. The van der Waals surface area contributed by atoms with Crippen molar-refractivity contribution >= 4 is 39.1 Å². The van der Waals surface area contributed by atoms with E-state index in [0.29, 0.717) is 25.4 Å². The first-order valence-corrected chi connectivity index (χ1v) is 12.4. The average Bonchev–Trinajstić information content (AvgIpc) is 3.10. The lowest BCUT2D eigenvalue weighted by atomic mass is 10.2. The minimum absolute atomic E-state index is 0.00873. The molecule has 0 radical (unpaired) electrons. The Morgan fingerprint density at radius 3 is 2.39 bits per heavy atom. The fourth-order valence-corrected chi connectivity index (χ4v) is 5.85. The number of halogens is 2. The molecule has 0 spiro atoms. The zero-order chi connectivity index (χ0) is 23.8. The molecule has 2 saturated heterocycles. The number of benzene rings is 2. The second-order valence-corrected chi connectivity index (χ2v) is 10.2. The molecule has 2 fully saturated rings. The maximum atomic E-state index is 13.5. The normalized spacial score (nSPS) is 20.5. The molecule has 2 amide bonds. The van der Waals surface area contributed by atoms with Crippen molar-refractivity contribution in [3.05, 3.63) is 53.3 Å². The zero-order valence-electron chi connectivity index (χ0n) is 18.0. The third kappa shape index (κ3) is 4.61. The number of quaternary nitrogens is 1. The van der Waals surface area contributed by atoms with E-state index in [1.165, 1.54) is 28.6 Å². The van der Waals surface area contributed by atoms with Gasteiger partial charge < -0.3 is 9.64 Å². The number of nitrogens with zero attached hydrogens (tertiary/aromatic N) is 2. The monoisotopic (exact) mass is 496 g/mol. The summed E-state index contributed by atoms with van der Waals surface area (Å²) in [5.74, 6) is -0.807. The standard InChI is InChI=1S/C22H23ClFN3O5S/c1-2-32-16-4-6-17(7-5-16)33(30,31)26-11-9-25(10-12-26)20-14-21(28)27(22(20)29)15-3-8-19(24)18(23)13-15/h3-8,13,20H,2,9-12,14H2,1H3/p+1/t20-/m0/s1. The first-order chi connectivity index (χ1) is 15.7. The van der Waals surface area contributed by atoms with Crippen molar-refractivity contribution in [3.8, 4) is 5.75 Å². The number of hydrogen-bond donors (Lipinski definition) is 1. The molecule has 2 heterocycles. The molecule has 2 aliphatic rings. The molecule has 1 atom stereocenters. The number of nitrogens with one attached hydrogen (secondary N) is 1. The molecule has 8 nitrogen and oxygen atoms in total. The van der Waals surface area contributed by atoms with Gasteiger partial charge in [-0.3, -0.25) is 9.59 Å². The summed E-state index contributed by atoms with van der Waals surface area (Å²) in [7, 11) is -3.68. The van der Waals surface area contributed by atoms with E-state index in [2.05, 4.69) is 0 Å². The average molecular weight is 497 g/mol. The van der Waals surface area contributed by atoms with Crippen molar-refractivity contribution in [1.29, 1.82) is 0 Å². The van der Waals surface area contributed by atoms with Gasteiger partial charge in [0.1, 0.15) is 11.6 Å². The van der Waals surface area contributed by atoms with Crippen LogP contribution in [0.25, 0.3) is 0 Å². The Balaban J connectivity index is 1.42. The van der Waals surface area contributed by atoms with Gasteiger partial charge in [-0.05, 0) is 49.4 Å². The fraction of sp³-hybridized carbons (Fsp3) is 0.364. The highest BCUT2D eigenvalue weighted by Crippen LogP contribution is 2.27. The van der Waals surface area contributed by atoms with E-state index in [-0.39, 0.29) is 46.9 Å². The fourth-order valence-electron chi connectivity index (χ4n) is 4.23. The maximum Gasteiger partial charge on any atom is 0.292 e. The Labute approximate surface area is 196 Å². The van der Waals surface area contributed by atoms with Gasteiger partial charge in [0.15, 0.2) is 6.04 Å². The van der Waals surface area contributed by atoms with Crippen LogP contribution in [-0.2, 0) is 19.6 Å². The lowest BCUT2D eigenvalue weighted by molar-refractivity contribution is -0.918. The van der Waals surface area contributed by atoms with Crippen molar-refractivity contribution in [2.75, 3.05) is 37.7 Å². The Morgan fingerprint density at radius 2 is 1.79 bits per heavy atom. The highest BCUT2D eigenvalue weighted by atomic mass is 35.5. The number of sulfonamides is 1. The first-order valence-electron chi connectivity index (χ1n) is 10.6. The molecule has 176 valence electrons. The van der Waals surface area contributed by atoms with E-state index >= 15 is 0 Å². The van der Waals surface area contributed by atoms with Crippen molar-refractivity contribution in [2.45, 2.75) is 24.3 Å². The van der Waals surface area contributed by atoms with Gasteiger partial charge in [-0.2, -0.15) is 4.31 Å². The van der Waals surface area contributed by atoms with Gasteiger partial charge in [-0.15, -0.1) is 0 Å². The van der Waals surface area contributed by atoms with E-state index in [9.17, 15) is 22.4 Å². The number of ether oxygens (including phenoxy) is 1. The smallest absolute Gasteiger partial charge is 0.292 e. The number of carbonyl (C=O) groups is 2. The second-order valence-electron chi connectivity index (χ2n) is 7.89. The summed E-state index contributed by atoms with van der Waals surface area (Å²) in [6, 6.07) is 9.38. The Bertz CT molecular complexity index is 1170. The van der Waals surface area contributed by atoms with Crippen LogP contribution in [0.15, 0.2) is 47.4 Å². The van der Waals surface area contributed by atoms with Crippen LogP contribution in [0, 0.1) is 5.82 Å². The number of rotatable bonds is 6. The molecule has 2 aromatic carbocycles. The van der Waals surface area contributed by atoms with Crippen LogP contribution in [0.3, 0.4) is 0 Å². The number of anilines is 1. The molecule has 2 aromatic rings. The minimum atomic E-state index is -3.68. The largest absolute Gasteiger partial charge is 0.494 e. The van der Waals surface area contributed by atoms with Gasteiger partial charge in [0.25, 0.3) is 5.91 Å². The molecule has 11 heteroatoms. The van der Waals surface area contributed by atoms with Crippen LogP contribution < -0.4 is 14.5 Å². The highest BCUT2D eigenvalue weighted by Gasteiger charge is 2.47. The number of carbonyl (C=O) groups excluding carboxylic acids is 2. The number of imide groups is 1. The van der Waals surface area contributed by atoms with Crippen molar-refractivity contribution in [2.24, 2.45) is 0 Å². The molecule has 0 unspecified atom stereocenters. The summed E-state index contributed by atoms with van der Waals surface area (Å²) in [6.45, 7) is 3.57. The van der Waals surface area contributed by atoms with Crippen LogP contribution in [0.2, 0.25) is 5.02 Å². The predicted octanol–water partition coefficient (Wildman–Crippen LogP) is 1.10. The molecular formula is C22H24ClFN3O5S+. The van der Waals surface area contributed by atoms with Crippen LogP contribution in [0.5, 0.6) is 5.75 Å². The summed E-state index contributed by atoms with van der Waals surface area (Å²) < 4.78 is 46.2. The summed E-state index contributed by atoms with van der Waals surface area (Å²) in [6.07, 6.45) is 0.00873.